The van der Waals surface area contributed by atoms with Crippen LogP contribution < -0.4 is 0 Å². The quantitative estimate of drug-likeness (QED) is 0.547. The van der Waals surface area contributed by atoms with E-state index in [9.17, 15) is 5.21 Å². The fraction of sp³-hybridized carbons (Fsp3) is 0.944. The fourth-order valence-electron chi connectivity index (χ4n) is 3.95. The third-order valence-corrected chi connectivity index (χ3v) is 5.25. The van der Waals surface area contributed by atoms with Crippen molar-refractivity contribution in [3.05, 3.63) is 0 Å². The van der Waals surface area contributed by atoms with Crippen molar-refractivity contribution in [2.24, 2.45) is 5.16 Å². The molecule has 0 aromatic carbocycles. The van der Waals surface area contributed by atoms with E-state index < -0.39 is 0 Å². The molecule has 1 atom stereocenters. The van der Waals surface area contributed by atoms with Crippen LogP contribution in [0.25, 0.3) is 0 Å². The number of rotatable bonds is 1. The lowest BCUT2D eigenvalue weighted by Crippen LogP contribution is -2.42. The van der Waals surface area contributed by atoms with Gasteiger partial charge >= 0.3 is 0 Å². The summed E-state index contributed by atoms with van der Waals surface area (Å²) in [5.74, 6) is 0. The van der Waals surface area contributed by atoms with Crippen molar-refractivity contribution < 1.29 is 5.21 Å². The molecule has 1 saturated carbocycles. The largest absolute Gasteiger partial charge is 0.411 e. The maximum atomic E-state index is 9.53. The Bertz CT molecular complexity index is 296. The predicted molar refractivity (Wildman–Crippen MR) is 89.2 cm³/mol. The molecule has 1 saturated heterocycles. The molecule has 1 unspecified atom stereocenters. The second-order valence-corrected chi connectivity index (χ2v) is 6.92. The molecule has 0 radical (unpaired) electrons. The van der Waals surface area contributed by atoms with Crippen molar-refractivity contribution in [3.63, 3.8) is 0 Å². The lowest BCUT2D eigenvalue weighted by atomic mass is 9.95. The Labute approximate surface area is 130 Å². The third kappa shape index (κ3) is 5.98. The molecule has 2 aliphatic rings. The van der Waals surface area contributed by atoms with E-state index in [1.165, 1.54) is 96.6 Å². The van der Waals surface area contributed by atoms with E-state index in [1.807, 2.05) is 0 Å². The Morgan fingerprint density at radius 1 is 0.714 bits per heavy atom. The summed E-state index contributed by atoms with van der Waals surface area (Å²) in [7, 11) is 0. The number of hydrogen-bond donors (Lipinski definition) is 1. The Hall–Kier alpha value is -0.570. The topological polar surface area (TPSA) is 35.8 Å². The summed E-state index contributed by atoms with van der Waals surface area (Å²) in [6, 6.07) is 0.410. The van der Waals surface area contributed by atoms with Gasteiger partial charge in [0.1, 0.15) is 0 Å². The van der Waals surface area contributed by atoms with Gasteiger partial charge in [0.15, 0.2) is 0 Å². The normalized spacial score (nSPS) is 30.3. The van der Waals surface area contributed by atoms with Crippen molar-refractivity contribution in [2.45, 2.75) is 95.9 Å². The number of nitrogens with zero attached hydrogens (tertiary/aromatic N) is 2. The van der Waals surface area contributed by atoms with E-state index in [0.29, 0.717) is 6.04 Å². The molecule has 1 heterocycles. The second-order valence-electron chi connectivity index (χ2n) is 6.92. The molecule has 1 aliphatic carbocycles. The van der Waals surface area contributed by atoms with Crippen molar-refractivity contribution in [1.82, 2.24) is 4.90 Å². The van der Waals surface area contributed by atoms with Gasteiger partial charge in [-0.25, -0.2) is 0 Å². The van der Waals surface area contributed by atoms with Crippen molar-refractivity contribution in [3.8, 4) is 0 Å². The summed E-state index contributed by atoms with van der Waals surface area (Å²) in [4.78, 5) is 2.62. The van der Waals surface area contributed by atoms with Gasteiger partial charge in [-0.15, -0.1) is 0 Å². The second kappa shape index (κ2) is 10.2. The van der Waals surface area contributed by atoms with Gasteiger partial charge in [-0.05, 0) is 45.2 Å². The van der Waals surface area contributed by atoms with Crippen molar-refractivity contribution >= 4 is 5.71 Å². The van der Waals surface area contributed by atoms with E-state index in [4.69, 9.17) is 0 Å². The van der Waals surface area contributed by atoms with E-state index >= 15 is 0 Å². The van der Waals surface area contributed by atoms with Crippen molar-refractivity contribution in [2.75, 3.05) is 13.1 Å². The standard InChI is InChI=1S/C18H34N2O/c21-19-17-13-9-5-3-1-2-4-6-10-14-18(17)20-15-11-7-8-12-16-20/h18,21H,1-16H2/b19-17-. The van der Waals surface area contributed by atoms with Crippen LogP contribution in [0.3, 0.4) is 0 Å². The van der Waals surface area contributed by atoms with E-state index in [-0.39, 0.29) is 0 Å². The molecule has 3 heteroatoms. The average molecular weight is 294 g/mol. The summed E-state index contributed by atoms with van der Waals surface area (Å²) in [6.07, 6.45) is 18.2. The first-order valence-electron chi connectivity index (χ1n) is 9.36. The fourth-order valence-corrected chi connectivity index (χ4v) is 3.95. The van der Waals surface area contributed by atoms with Gasteiger partial charge in [-0.3, -0.25) is 4.90 Å². The maximum Gasteiger partial charge on any atom is 0.0742 e. The number of oxime groups is 1. The molecule has 1 aliphatic heterocycles. The first kappa shape index (κ1) is 16.8. The zero-order valence-corrected chi connectivity index (χ0v) is 13.7. The van der Waals surface area contributed by atoms with Crippen LogP contribution in [0.2, 0.25) is 0 Å². The molecule has 0 amide bonds. The summed E-state index contributed by atoms with van der Waals surface area (Å²) in [5, 5.41) is 13.3. The molecular formula is C18H34N2O. The van der Waals surface area contributed by atoms with Crippen LogP contribution in [-0.4, -0.2) is 35.0 Å². The first-order chi connectivity index (χ1) is 10.4. The van der Waals surface area contributed by atoms with E-state index in [1.54, 1.807) is 0 Å². The zero-order valence-electron chi connectivity index (χ0n) is 13.7. The summed E-state index contributed by atoms with van der Waals surface area (Å²) >= 11 is 0. The molecule has 3 nitrogen and oxygen atoms in total. The molecule has 122 valence electrons. The molecule has 2 rings (SSSR count). The molecule has 1 N–H and O–H groups in total. The molecule has 21 heavy (non-hydrogen) atoms. The van der Waals surface area contributed by atoms with Crippen LogP contribution in [0, 0.1) is 0 Å². The Morgan fingerprint density at radius 3 is 1.86 bits per heavy atom. The summed E-state index contributed by atoms with van der Waals surface area (Å²) in [6.45, 7) is 2.40. The maximum absolute atomic E-state index is 9.53. The summed E-state index contributed by atoms with van der Waals surface area (Å²) in [5.41, 5.74) is 1.07. The number of hydrogen-bond acceptors (Lipinski definition) is 3. The Balaban J connectivity index is 1.98. The first-order valence-corrected chi connectivity index (χ1v) is 9.36. The average Bonchev–Trinajstić information content (AvgIpc) is 2.77. The lowest BCUT2D eigenvalue weighted by Gasteiger charge is -2.31. The van der Waals surface area contributed by atoms with E-state index in [0.717, 1.165) is 12.1 Å². The van der Waals surface area contributed by atoms with Gasteiger partial charge in [0, 0.05) is 0 Å². The molecule has 0 aromatic rings. The molecular weight excluding hydrogens is 260 g/mol. The lowest BCUT2D eigenvalue weighted by molar-refractivity contribution is 0.226. The van der Waals surface area contributed by atoms with Gasteiger partial charge in [-0.1, -0.05) is 62.9 Å². The highest BCUT2D eigenvalue weighted by Crippen LogP contribution is 2.22. The molecule has 0 aromatic heterocycles. The Morgan fingerprint density at radius 2 is 1.24 bits per heavy atom. The Kier molecular flexibility index (Phi) is 8.16. The number of likely N-dealkylation sites (tertiary alicyclic amines) is 1. The predicted octanol–water partition coefficient (Wildman–Crippen LogP) is 4.98. The zero-order chi connectivity index (χ0) is 14.8. The van der Waals surface area contributed by atoms with Gasteiger partial charge in [-0.2, -0.15) is 0 Å². The molecule has 0 spiro atoms. The SMILES string of the molecule is O/N=C1/CCCCCCCCCCC1N1CCCCCC1. The minimum Gasteiger partial charge on any atom is -0.411 e. The highest BCUT2D eigenvalue weighted by Gasteiger charge is 2.24. The van der Waals surface area contributed by atoms with Gasteiger partial charge < -0.3 is 5.21 Å². The van der Waals surface area contributed by atoms with Gasteiger partial charge in [0.2, 0.25) is 0 Å². The van der Waals surface area contributed by atoms with Crippen LogP contribution in [0.1, 0.15) is 89.9 Å². The summed E-state index contributed by atoms with van der Waals surface area (Å²) < 4.78 is 0. The minimum atomic E-state index is 0.410. The van der Waals surface area contributed by atoms with Crippen LogP contribution in [-0.2, 0) is 0 Å². The van der Waals surface area contributed by atoms with Crippen LogP contribution in [0.4, 0.5) is 0 Å². The third-order valence-electron chi connectivity index (χ3n) is 5.25. The van der Waals surface area contributed by atoms with Crippen LogP contribution in [0.15, 0.2) is 5.16 Å². The molecule has 0 bridgehead atoms. The van der Waals surface area contributed by atoms with Crippen LogP contribution >= 0.6 is 0 Å². The highest BCUT2D eigenvalue weighted by atomic mass is 16.4. The van der Waals surface area contributed by atoms with Crippen molar-refractivity contribution in [1.29, 1.82) is 0 Å². The van der Waals surface area contributed by atoms with Gasteiger partial charge in [0.05, 0.1) is 11.8 Å². The monoisotopic (exact) mass is 294 g/mol. The van der Waals surface area contributed by atoms with E-state index in [2.05, 4.69) is 10.1 Å². The smallest absolute Gasteiger partial charge is 0.0742 e. The molecule has 2 fully saturated rings. The van der Waals surface area contributed by atoms with Crippen LogP contribution in [0.5, 0.6) is 0 Å². The highest BCUT2D eigenvalue weighted by molar-refractivity contribution is 5.89. The van der Waals surface area contributed by atoms with Gasteiger partial charge in [0.25, 0.3) is 0 Å². The minimum absolute atomic E-state index is 0.410.